The second kappa shape index (κ2) is 6.62. The molecule has 0 aromatic heterocycles. The maximum absolute atomic E-state index is 11.4. The topological polar surface area (TPSA) is 107 Å². The Balaban J connectivity index is 2.34. The van der Waals surface area contributed by atoms with Crippen LogP contribution in [0.25, 0.3) is 0 Å². The number of nitrogens with two attached hydrogens (primary N) is 2. The number of carbonyl (C=O) groups excluding carboxylic acids is 2. The van der Waals surface area contributed by atoms with Crippen molar-refractivity contribution in [2.45, 2.75) is 12.5 Å². The van der Waals surface area contributed by atoms with Crippen molar-refractivity contribution in [1.82, 2.24) is 5.48 Å². The van der Waals surface area contributed by atoms with Crippen LogP contribution in [0.4, 0.5) is 0 Å². The van der Waals surface area contributed by atoms with Gasteiger partial charge in [-0.05, 0) is 12.0 Å². The normalized spacial score (nSPS) is 11.8. The van der Waals surface area contributed by atoms with Crippen LogP contribution in [0.5, 0.6) is 0 Å². The van der Waals surface area contributed by atoms with E-state index in [9.17, 15) is 9.59 Å². The Bertz CT molecular complexity index is 381. The molecule has 0 bridgehead atoms. The van der Waals surface area contributed by atoms with Gasteiger partial charge in [0.05, 0.1) is 6.04 Å². The number of carbonyl (C=O) groups is 2. The number of nitrogens with one attached hydrogen (secondary N) is 1. The molecule has 17 heavy (non-hydrogen) atoms. The van der Waals surface area contributed by atoms with E-state index < -0.39 is 17.9 Å². The molecule has 0 spiro atoms. The first kappa shape index (κ1) is 13.1. The van der Waals surface area contributed by atoms with Crippen molar-refractivity contribution in [3.8, 4) is 0 Å². The molecule has 0 saturated carbocycles. The number of primary amides is 1. The zero-order valence-corrected chi connectivity index (χ0v) is 9.26. The van der Waals surface area contributed by atoms with Gasteiger partial charge in [-0.1, -0.05) is 30.3 Å². The highest BCUT2D eigenvalue weighted by Crippen LogP contribution is 2.01. The molecule has 1 rings (SSSR count). The lowest BCUT2D eigenvalue weighted by molar-refractivity contribution is -0.138. The summed E-state index contributed by atoms with van der Waals surface area (Å²) in [6.07, 6.45) is 0.395. The van der Waals surface area contributed by atoms with Crippen molar-refractivity contribution < 1.29 is 14.4 Å². The van der Waals surface area contributed by atoms with Gasteiger partial charge in [-0.15, -0.1) is 0 Å². The van der Waals surface area contributed by atoms with Gasteiger partial charge in [0.15, 0.2) is 6.61 Å². The molecule has 6 nitrogen and oxygen atoms in total. The predicted octanol–water partition coefficient (Wildman–Crippen LogP) is -0.910. The Morgan fingerprint density at radius 1 is 1.29 bits per heavy atom. The lowest BCUT2D eigenvalue weighted by Crippen LogP contribution is -2.43. The molecule has 6 heteroatoms. The molecular weight excluding hydrogens is 222 g/mol. The highest BCUT2D eigenvalue weighted by atomic mass is 16.7. The van der Waals surface area contributed by atoms with Crippen LogP contribution in [-0.2, 0) is 20.8 Å². The second-order valence-electron chi connectivity index (χ2n) is 3.52. The summed E-state index contributed by atoms with van der Waals surface area (Å²) >= 11 is 0. The van der Waals surface area contributed by atoms with E-state index in [0.717, 1.165) is 5.56 Å². The lowest BCUT2D eigenvalue weighted by Gasteiger charge is -2.11. The Morgan fingerprint density at radius 3 is 2.53 bits per heavy atom. The summed E-state index contributed by atoms with van der Waals surface area (Å²) in [5.41, 5.74) is 13.5. The molecule has 0 aliphatic carbocycles. The van der Waals surface area contributed by atoms with Crippen molar-refractivity contribution in [2.75, 3.05) is 6.61 Å². The minimum absolute atomic E-state index is 0.371. The van der Waals surface area contributed by atoms with E-state index >= 15 is 0 Å². The maximum atomic E-state index is 11.4. The van der Waals surface area contributed by atoms with Crippen LogP contribution in [0.1, 0.15) is 5.56 Å². The van der Waals surface area contributed by atoms with Crippen LogP contribution >= 0.6 is 0 Å². The molecule has 0 aliphatic heterocycles. The Hall–Kier alpha value is -1.92. The first-order valence-electron chi connectivity index (χ1n) is 5.09. The third-order valence-electron chi connectivity index (χ3n) is 2.02. The van der Waals surface area contributed by atoms with Gasteiger partial charge >= 0.3 is 0 Å². The number of benzene rings is 1. The van der Waals surface area contributed by atoms with Crippen molar-refractivity contribution in [3.63, 3.8) is 0 Å². The summed E-state index contributed by atoms with van der Waals surface area (Å²) < 4.78 is 0. The number of amides is 2. The highest BCUT2D eigenvalue weighted by Gasteiger charge is 2.14. The Kier molecular flexibility index (Phi) is 5.12. The molecular formula is C11H15N3O3. The van der Waals surface area contributed by atoms with Crippen LogP contribution < -0.4 is 16.9 Å². The largest absolute Gasteiger partial charge is 0.368 e. The third-order valence-corrected chi connectivity index (χ3v) is 2.02. The number of rotatable bonds is 6. The van der Waals surface area contributed by atoms with Crippen LogP contribution in [-0.4, -0.2) is 24.5 Å². The van der Waals surface area contributed by atoms with Gasteiger partial charge in [0.2, 0.25) is 5.91 Å². The van der Waals surface area contributed by atoms with Crippen molar-refractivity contribution in [1.29, 1.82) is 0 Å². The van der Waals surface area contributed by atoms with Crippen molar-refractivity contribution >= 4 is 11.8 Å². The number of hydrogen-bond acceptors (Lipinski definition) is 4. The van der Waals surface area contributed by atoms with Crippen molar-refractivity contribution in [3.05, 3.63) is 35.9 Å². The number of hydrogen-bond donors (Lipinski definition) is 3. The zero-order valence-electron chi connectivity index (χ0n) is 9.26. The molecule has 5 N–H and O–H groups in total. The van der Waals surface area contributed by atoms with Crippen LogP contribution in [0.15, 0.2) is 30.3 Å². The third kappa shape index (κ3) is 5.10. The summed E-state index contributed by atoms with van der Waals surface area (Å²) in [7, 11) is 0. The molecule has 0 radical (unpaired) electrons. The molecule has 0 heterocycles. The van der Waals surface area contributed by atoms with E-state index in [2.05, 4.69) is 10.3 Å². The van der Waals surface area contributed by atoms with Gasteiger partial charge in [-0.25, -0.2) is 5.48 Å². The van der Waals surface area contributed by atoms with Crippen molar-refractivity contribution in [2.24, 2.45) is 11.5 Å². The molecule has 1 aromatic carbocycles. The average Bonchev–Trinajstić information content (AvgIpc) is 2.29. The van der Waals surface area contributed by atoms with Gasteiger partial charge in [0.25, 0.3) is 5.91 Å². The minimum Gasteiger partial charge on any atom is -0.368 e. The lowest BCUT2D eigenvalue weighted by atomic mass is 10.1. The summed E-state index contributed by atoms with van der Waals surface area (Å²) in [6.45, 7) is -0.371. The summed E-state index contributed by atoms with van der Waals surface area (Å²) in [5, 5.41) is 0. The SMILES string of the molecule is NC(=O)CONC(=O)C(N)Cc1ccccc1. The van der Waals surface area contributed by atoms with E-state index in [4.69, 9.17) is 11.5 Å². The zero-order chi connectivity index (χ0) is 12.7. The molecule has 0 aliphatic rings. The monoisotopic (exact) mass is 237 g/mol. The fourth-order valence-electron chi connectivity index (χ4n) is 1.21. The van der Waals surface area contributed by atoms with Crippen LogP contribution in [0.2, 0.25) is 0 Å². The van der Waals surface area contributed by atoms with Crippen LogP contribution in [0, 0.1) is 0 Å². The molecule has 1 aromatic rings. The second-order valence-corrected chi connectivity index (χ2v) is 3.52. The van der Waals surface area contributed by atoms with Gasteiger partial charge in [0, 0.05) is 0 Å². The number of hydroxylamine groups is 1. The fraction of sp³-hybridized carbons (Fsp3) is 0.273. The first-order chi connectivity index (χ1) is 8.09. The van der Waals surface area contributed by atoms with Gasteiger partial charge < -0.3 is 11.5 Å². The fourth-order valence-corrected chi connectivity index (χ4v) is 1.21. The first-order valence-corrected chi connectivity index (χ1v) is 5.09. The van der Waals surface area contributed by atoms with E-state index in [1.54, 1.807) is 0 Å². The Morgan fingerprint density at radius 2 is 1.94 bits per heavy atom. The van der Waals surface area contributed by atoms with Gasteiger partial charge in [0.1, 0.15) is 0 Å². The summed E-state index contributed by atoms with van der Waals surface area (Å²) in [5.74, 6) is -1.16. The molecule has 0 fully saturated rings. The average molecular weight is 237 g/mol. The quantitative estimate of drug-likeness (QED) is 0.556. The molecule has 0 saturated heterocycles. The standard InChI is InChI=1S/C11H15N3O3/c12-9(6-8-4-2-1-3-5-8)11(16)14-17-7-10(13)15/h1-5,9H,6-7,12H2,(H2,13,15)(H,14,16). The predicted molar refractivity (Wildman–Crippen MR) is 61.4 cm³/mol. The van der Waals surface area contributed by atoms with E-state index in [1.165, 1.54) is 0 Å². The molecule has 1 atom stereocenters. The Labute approximate surface area is 98.9 Å². The smallest absolute Gasteiger partial charge is 0.260 e. The summed E-state index contributed by atoms with van der Waals surface area (Å²) in [6, 6.07) is 8.62. The maximum Gasteiger partial charge on any atom is 0.260 e. The minimum atomic E-state index is -0.731. The van der Waals surface area contributed by atoms with Crippen LogP contribution in [0.3, 0.4) is 0 Å². The molecule has 1 unspecified atom stereocenters. The van der Waals surface area contributed by atoms with E-state index in [1.807, 2.05) is 30.3 Å². The summed E-state index contributed by atoms with van der Waals surface area (Å²) in [4.78, 5) is 26.3. The highest BCUT2D eigenvalue weighted by molar-refractivity contribution is 5.81. The van der Waals surface area contributed by atoms with Gasteiger partial charge in [-0.2, -0.15) is 0 Å². The molecule has 2 amide bonds. The van der Waals surface area contributed by atoms with E-state index in [-0.39, 0.29) is 6.61 Å². The van der Waals surface area contributed by atoms with Gasteiger partial charge in [-0.3, -0.25) is 14.4 Å². The van der Waals surface area contributed by atoms with E-state index in [0.29, 0.717) is 6.42 Å². The molecule has 92 valence electrons.